The van der Waals surface area contributed by atoms with Crippen molar-refractivity contribution in [1.29, 1.82) is 0 Å². The predicted molar refractivity (Wildman–Crippen MR) is 27.4 cm³/mol. The first-order chi connectivity index (χ1) is 4.20. The summed E-state index contributed by atoms with van der Waals surface area (Å²) in [4.78, 5) is 20.2. The van der Waals surface area contributed by atoms with Gasteiger partial charge in [0, 0.05) is 0 Å². The molecule has 0 aliphatic heterocycles. The molecule has 0 aliphatic rings. The summed E-state index contributed by atoms with van der Waals surface area (Å²) >= 11 is 4.88. The molecule has 1 rings (SSSR count). The van der Waals surface area contributed by atoms with Gasteiger partial charge in [-0.25, -0.2) is 4.79 Å². The highest BCUT2D eigenvalue weighted by atomic mass is 35.5. The summed E-state index contributed by atoms with van der Waals surface area (Å²) in [6.07, 6.45) is 0.859. The Morgan fingerprint density at radius 2 is 2.33 bits per heavy atom. The zero-order chi connectivity index (χ0) is 6.85. The highest BCUT2D eigenvalue weighted by Gasteiger charge is 2.06. The third kappa shape index (κ3) is 1.20. The second kappa shape index (κ2) is 2.06. The van der Waals surface area contributed by atoms with Gasteiger partial charge in [-0.05, 0) is 11.6 Å². The van der Waals surface area contributed by atoms with Crippen molar-refractivity contribution >= 4 is 16.8 Å². The van der Waals surface area contributed by atoms with E-state index in [0.29, 0.717) is 0 Å². The molecule has 0 spiro atoms. The summed E-state index contributed by atoms with van der Waals surface area (Å²) < 4.78 is 8.24. The normalized spacial score (nSPS) is 9.44. The van der Waals surface area contributed by atoms with Gasteiger partial charge >= 0.3 is 5.82 Å². The maximum absolute atomic E-state index is 10.1. The van der Waals surface area contributed by atoms with Crippen LogP contribution in [0.4, 0.5) is 0 Å². The molecule has 0 radical (unpaired) electrons. The highest BCUT2D eigenvalue weighted by Crippen LogP contribution is 1.98. The van der Waals surface area contributed by atoms with Crippen LogP contribution in [0.5, 0.6) is 0 Å². The summed E-state index contributed by atoms with van der Waals surface area (Å²) in [5.41, 5.74) is 0. The highest BCUT2D eigenvalue weighted by molar-refractivity contribution is 6.67. The lowest BCUT2D eigenvalue weighted by molar-refractivity contribution is 0.105. The molecule has 0 aromatic carbocycles. The molecule has 0 amide bonds. The van der Waals surface area contributed by atoms with Gasteiger partial charge in [0.1, 0.15) is 6.26 Å². The van der Waals surface area contributed by atoms with Crippen molar-refractivity contribution in [2.75, 3.05) is 0 Å². The molecule has 1 aromatic rings. The number of hydrogen-bond donors (Lipinski definition) is 0. The second-order valence-electron chi connectivity index (χ2n) is 1.23. The van der Waals surface area contributed by atoms with Gasteiger partial charge in [0.25, 0.3) is 5.24 Å². The van der Waals surface area contributed by atoms with Gasteiger partial charge in [0.2, 0.25) is 5.76 Å². The van der Waals surface area contributed by atoms with Crippen LogP contribution in [-0.2, 0) is 0 Å². The molecular weight excluding hydrogens is 147 g/mol. The van der Waals surface area contributed by atoms with E-state index >= 15 is 0 Å². The summed E-state index contributed by atoms with van der Waals surface area (Å²) in [6, 6.07) is 0. The Bertz CT molecular complexity index is 270. The molecular formula is C4HClO4. The molecule has 48 valence electrons. The lowest BCUT2D eigenvalue weighted by Gasteiger charge is -1.73. The largest absolute Gasteiger partial charge is 0.519 e. The Labute approximate surface area is 54.0 Å². The maximum Gasteiger partial charge on any atom is 0.519 e. The molecule has 0 N–H and O–H groups in total. The average Bonchev–Trinajstić information content (AvgIpc) is 2.14. The van der Waals surface area contributed by atoms with Crippen molar-refractivity contribution in [3.8, 4) is 0 Å². The van der Waals surface area contributed by atoms with Gasteiger partial charge < -0.3 is 8.83 Å². The van der Waals surface area contributed by atoms with Gasteiger partial charge in [0.05, 0.1) is 0 Å². The SMILES string of the molecule is O=C(Cl)c1coc(=O)o1. The Kier molecular flexibility index (Phi) is 1.40. The van der Waals surface area contributed by atoms with E-state index in [0.717, 1.165) is 6.26 Å². The molecule has 1 heterocycles. The standard InChI is InChI=1S/C4HClO4/c5-3(6)2-1-8-4(7)9-2/h1H. The molecule has 0 atom stereocenters. The van der Waals surface area contributed by atoms with E-state index in [2.05, 4.69) is 8.83 Å². The van der Waals surface area contributed by atoms with Gasteiger partial charge in [-0.3, -0.25) is 4.79 Å². The van der Waals surface area contributed by atoms with Crippen LogP contribution in [0.2, 0.25) is 0 Å². The van der Waals surface area contributed by atoms with Crippen LogP contribution in [-0.4, -0.2) is 5.24 Å². The fourth-order valence-corrected chi connectivity index (χ4v) is 0.409. The Hall–Kier alpha value is -1.03. The van der Waals surface area contributed by atoms with E-state index in [-0.39, 0.29) is 5.76 Å². The first kappa shape index (κ1) is 6.10. The maximum atomic E-state index is 10.1. The third-order valence-electron chi connectivity index (χ3n) is 0.649. The van der Waals surface area contributed by atoms with Crippen molar-refractivity contribution in [3.05, 3.63) is 22.6 Å². The van der Waals surface area contributed by atoms with Gasteiger partial charge in [0.15, 0.2) is 0 Å². The Morgan fingerprint density at radius 1 is 1.67 bits per heavy atom. The first-order valence-electron chi connectivity index (χ1n) is 1.98. The molecule has 9 heavy (non-hydrogen) atoms. The van der Waals surface area contributed by atoms with Crippen LogP contribution >= 0.6 is 11.6 Å². The first-order valence-corrected chi connectivity index (χ1v) is 2.36. The zero-order valence-corrected chi connectivity index (χ0v) is 4.84. The lowest BCUT2D eigenvalue weighted by atomic mass is 10.6. The molecule has 1 aromatic heterocycles. The number of carbonyl (C=O) groups excluding carboxylic acids is 1. The van der Waals surface area contributed by atoms with Crippen LogP contribution in [0.3, 0.4) is 0 Å². The Morgan fingerprint density at radius 3 is 2.56 bits per heavy atom. The fourth-order valence-electron chi connectivity index (χ4n) is 0.326. The van der Waals surface area contributed by atoms with Crippen LogP contribution < -0.4 is 5.82 Å². The van der Waals surface area contributed by atoms with E-state index in [1.807, 2.05) is 0 Å². The predicted octanol–water partition coefficient (Wildman–Crippen LogP) is 0.612. The molecule has 0 saturated heterocycles. The van der Waals surface area contributed by atoms with Crippen molar-refractivity contribution in [3.63, 3.8) is 0 Å². The summed E-state index contributed by atoms with van der Waals surface area (Å²) in [5.74, 6) is -1.21. The average molecular weight is 149 g/mol. The molecule has 5 heteroatoms. The topological polar surface area (TPSA) is 60.4 Å². The Balaban J connectivity index is 3.12. The molecule has 0 bridgehead atoms. The van der Waals surface area contributed by atoms with Crippen LogP contribution in [0.15, 0.2) is 19.9 Å². The summed E-state index contributed by atoms with van der Waals surface area (Å²) in [7, 11) is 0. The minimum atomic E-state index is -0.931. The van der Waals surface area contributed by atoms with Crippen LogP contribution in [0.1, 0.15) is 10.6 Å². The van der Waals surface area contributed by atoms with Gasteiger partial charge in [-0.1, -0.05) is 0 Å². The minimum Gasteiger partial charge on any atom is -0.398 e. The smallest absolute Gasteiger partial charge is 0.398 e. The van der Waals surface area contributed by atoms with Crippen molar-refractivity contribution in [2.45, 2.75) is 0 Å². The number of halogens is 1. The zero-order valence-electron chi connectivity index (χ0n) is 4.09. The monoisotopic (exact) mass is 148 g/mol. The lowest BCUT2D eigenvalue weighted by Crippen LogP contribution is -1.88. The summed E-state index contributed by atoms with van der Waals surface area (Å²) in [6.45, 7) is 0. The minimum absolute atomic E-state index is 0.276. The van der Waals surface area contributed by atoms with E-state index in [4.69, 9.17) is 11.6 Å². The fraction of sp³-hybridized carbons (Fsp3) is 0. The number of carbonyl (C=O) groups is 1. The molecule has 0 fully saturated rings. The molecule has 0 aliphatic carbocycles. The number of rotatable bonds is 1. The number of hydrogen-bond acceptors (Lipinski definition) is 4. The van der Waals surface area contributed by atoms with E-state index in [1.54, 1.807) is 0 Å². The van der Waals surface area contributed by atoms with Crippen LogP contribution in [0.25, 0.3) is 0 Å². The second-order valence-corrected chi connectivity index (χ2v) is 1.57. The third-order valence-corrected chi connectivity index (χ3v) is 0.835. The van der Waals surface area contributed by atoms with E-state index in [1.165, 1.54) is 0 Å². The van der Waals surface area contributed by atoms with Crippen molar-refractivity contribution < 1.29 is 13.6 Å². The molecule has 4 nitrogen and oxygen atoms in total. The van der Waals surface area contributed by atoms with Crippen molar-refractivity contribution in [1.82, 2.24) is 0 Å². The van der Waals surface area contributed by atoms with Crippen molar-refractivity contribution in [2.24, 2.45) is 0 Å². The summed E-state index contributed by atoms with van der Waals surface area (Å²) in [5, 5.41) is -0.846. The molecule has 0 unspecified atom stereocenters. The van der Waals surface area contributed by atoms with Crippen LogP contribution in [0, 0.1) is 0 Å². The molecule has 0 saturated carbocycles. The van der Waals surface area contributed by atoms with E-state index < -0.39 is 11.1 Å². The van der Waals surface area contributed by atoms with Gasteiger partial charge in [-0.2, -0.15) is 0 Å². The van der Waals surface area contributed by atoms with Gasteiger partial charge in [-0.15, -0.1) is 0 Å². The quantitative estimate of drug-likeness (QED) is 0.548. The van der Waals surface area contributed by atoms with E-state index in [9.17, 15) is 9.59 Å².